The third kappa shape index (κ3) is 5.55. The highest BCUT2D eigenvalue weighted by Gasteiger charge is 2.40. The molecule has 226 valence electrons. The van der Waals surface area contributed by atoms with Gasteiger partial charge in [-0.3, -0.25) is 9.59 Å². The van der Waals surface area contributed by atoms with Gasteiger partial charge in [-0.05, 0) is 58.0 Å². The molecule has 10 nitrogen and oxygen atoms in total. The minimum Gasteiger partial charge on any atom is -0.392 e. The van der Waals surface area contributed by atoms with E-state index in [2.05, 4.69) is 22.4 Å². The maximum atomic E-state index is 13.2. The number of amides is 2. The lowest BCUT2D eigenvalue weighted by atomic mass is 9.91. The maximum absolute atomic E-state index is 13.2. The molecule has 3 heterocycles. The lowest BCUT2D eigenvalue weighted by molar-refractivity contribution is -0.268. The minimum atomic E-state index is -0.783. The highest BCUT2D eigenvalue weighted by Crippen LogP contribution is 2.43. The van der Waals surface area contributed by atoms with Crippen molar-refractivity contribution in [3.8, 4) is 5.69 Å². The second-order valence-electron chi connectivity index (χ2n) is 10.9. The number of para-hydroxylation sites is 1. The molecule has 2 aliphatic rings. The molecule has 0 saturated carbocycles. The molecule has 4 aromatic carbocycles. The summed E-state index contributed by atoms with van der Waals surface area (Å²) in [6, 6.07) is 31.4. The molecule has 7 rings (SSSR count). The minimum absolute atomic E-state index is 0.0485. The summed E-state index contributed by atoms with van der Waals surface area (Å²) < 4.78 is 14.9. The van der Waals surface area contributed by atoms with E-state index in [9.17, 15) is 14.7 Å². The van der Waals surface area contributed by atoms with Crippen molar-refractivity contribution in [3.63, 3.8) is 0 Å². The van der Waals surface area contributed by atoms with Crippen LogP contribution in [-0.4, -0.2) is 49.0 Å². The molecule has 4 atom stereocenters. The number of fused-ring (bicyclic) bond motifs is 1. The van der Waals surface area contributed by atoms with Crippen molar-refractivity contribution in [2.45, 2.75) is 37.2 Å². The topological polar surface area (TPSA) is 120 Å². The van der Waals surface area contributed by atoms with E-state index in [4.69, 9.17) is 9.47 Å². The molecule has 5 aromatic rings. The number of anilines is 1. The molecule has 11 heteroatoms. The average Bonchev–Trinajstić information content (AvgIpc) is 3.66. The highest BCUT2D eigenvalue weighted by atomic mass is 32.2. The van der Waals surface area contributed by atoms with Gasteiger partial charge in [-0.2, -0.15) is 4.68 Å². The summed E-state index contributed by atoms with van der Waals surface area (Å²) in [6.45, 7) is 2.04. The Morgan fingerprint density at radius 2 is 1.49 bits per heavy atom. The number of tetrazole rings is 1. The van der Waals surface area contributed by atoms with E-state index in [0.29, 0.717) is 33.3 Å². The highest BCUT2D eigenvalue weighted by molar-refractivity contribution is 7.99. The maximum Gasteiger partial charge on any atom is 0.266 e. The first-order chi connectivity index (χ1) is 22.0. The fourth-order valence-electron chi connectivity index (χ4n) is 5.70. The lowest BCUT2D eigenvalue weighted by Crippen LogP contribution is -2.38. The second-order valence-corrected chi connectivity index (χ2v) is 11.9. The summed E-state index contributed by atoms with van der Waals surface area (Å²) in [5.41, 5.74) is 4.51. The van der Waals surface area contributed by atoms with Gasteiger partial charge in [-0.25, -0.2) is 4.90 Å². The Hall–Kier alpha value is -4.68. The van der Waals surface area contributed by atoms with Gasteiger partial charge in [0.05, 0.1) is 41.3 Å². The van der Waals surface area contributed by atoms with Crippen molar-refractivity contribution >= 4 is 29.3 Å². The number of hydrogen-bond acceptors (Lipinski definition) is 9. The SMILES string of the molecule is C[C@@H]1[C@H](CSc2nnnn2-c2ccccc2)O[C@H](c2cccc(N3C(=O)c4ccccc4C3=O)c2)O[C@@H]1c1ccc(CO)cc1. The van der Waals surface area contributed by atoms with Gasteiger partial charge in [0.2, 0.25) is 5.16 Å². The van der Waals surface area contributed by atoms with Gasteiger partial charge in [0.1, 0.15) is 0 Å². The second kappa shape index (κ2) is 12.4. The van der Waals surface area contributed by atoms with E-state index >= 15 is 0 Å². The zero-order valence-corrected chi connectivity index (χ0v) is 25.1. The fourth-order valence-corrected chi connectivity index (χ4v) is 6.75. The Morgan fingerprint density at radius 1 is 0.800 bits per heavy atom. The fraction of sp³-hybridized carbons (Fsp3) is 0.206. The Kier molecular flexibility index (Phi) is 7.99. The van der Waals surface area contributed by atoms with Crippen LogP contribution in [0.1, 0.15) is 56.7 Å². The molecule has 0 bridgehead atoms. The average molecular weight is 620 g/mol. The van der Waals surface area contributed by atoms with E-state index in [1.54, 1.807) is 47.1 Å². The number of nitrogens with zero attached hydrogens (tertiary/aromatic N) is 5. The normalized spacial score (nSPS) is 21.2. The van der Waals surface area contributed by atoms with Crippen LogP contribution in [0.3, 0.4) is 0 Å². The molecular weight excluding hydrogens is 590 g/mol. The van der Waals surface area contributed by atoms with Crippen molar-refractivity contribution in [3.05, 3.63) is 131 Å². The zero-order valence-electron chi connectivity index (χ0n) is 24.3. The predicted octanol–water partition coefficient (Wildman–Crippen LogP) is 5.54. The third-order valence-electron chi connectivity index (χ3n) is 8.14. The number of thioether (sulfide) groups is 1. The molecule has 0 aliphatic carbocycles. The van der Waals surface area contributed by atoms with Crippen LogP contribution in [0.25, 0.3) is 5.69 Å². The first kappa shape index (κ1) is 29.1. The van der Waals surface area contributed by atoms with Gasteiger partial charge in [0.15, 0.2) is 6.29 Å². The van der Waals surface area contributed by atoms with Crippen LogP contribution in [0.2, 0.25) is 0 Å². The summed E-state index contributed by atoms with van der Waals surface area (Å²) >= 11 is 1.49. The number of aromatic nitrogens is 4. The Bertz CT molecular complexity index is 1810. The van der Waals surface area contributed by atoms with Crippen LogP contribution in [0, 0.1) is 5.92 Å². The van der Waals surface area contributed by atoms with Gasteiger partial charge in [0.25, 0.3) is 11.8 Å². The summed E-state index contributed by atoms with van der Waals surface area (Å²) in [4.78, 5) is 27.6. The van der Waals surface area contributed by atoms with Gasteiger partial charge in [-0.15, -0.1) is 5.10 Å². The molecule has 0 spiro atoms. The van der Waals surface area contributed by atoms with Crippen LogP contribution in [-0.2, 0) is 16.1 Å². The molecule has 1 aromatic heterocycles. The number of aliphatic hydroxyl groups excluding tert-OH is 1. The van der Waals surface area contributed by atoms with Gasteiger partial charge in [0, 0.05) is 17.2 Å². The third-order valence-corrected chi connectivity index (χ3v) is 9.14. The first-order valence-electron chi connectivity index (χ1n) is 14.6. The number of imide groups is 1. The van der Waals surface area contributed by atoms with Gasteiger partial charge in [-0.1, -0.05) is 85.4 Å². The summed E-state index contributed by atoms with van der Waals surface area (Å²) in [7, 11) is 0. The molecule has 45 heavy (non-hydrogen) atoms. The van der Waals surface area contributed by atoms with Crippen LogP contribution in [0.15, 0.2) is 108 Å². The molecule has 2 amide bonds. The molecule has 0 unspecified atom stereocenters. The van der Waals surface area contributed by atoms with Crippen molar-refractivity contribution < 1.29 is 24.2 Å². The van der Waals surface area contributed by atoms with E-state index in [1.807, 2.05) is 60.7 Å². The van der Waals surface area contributed by atoms with Crippen molar-refractivity contribution in [2.75, 3.05) is 10.7 Å². The van der Waals surface area contributed by atoms with Crippen molar-refractivity contribution in [1.29, 1.82) is 0 Å². The van der Waals surface area contributed by atoms with Gasteiger partial charge >= 0.3 is 0 Å². The number of hydrogen-bond donors (Lipinski definition) is 1. The first-order valence-corrected chi connectivity index (χ1v) is 15.6. The van der Waals surface area contributed by atoms with Crippen LogP contribution >= 0.6 is 11.8 Å². The van der Waals surface area contributed by atoms with Gasteiger partial charge < -0.3 is 14.6 Å². The number of carbonyl (C=O) groups is 2. The molecule has 2 aliphatic heterocycles. The van der Waals surface area contributed by atoms with Crippen molar-refractivity contribution in [2.24, 2.45) is 5.92 Å². The Morgan fingerprint density at radius 3 is 2.20 bits per heavy atom. The molecular formula is C34H29N5O5S. The van der Waals surface area contributed by atoms with Crippen LogP contribution in [0.4, 0.5) is 5.69 Å². The predicted molar refractivity (Wildman–Crippen MR) is 167 cm³/mol. The number of benzene rings is 4. The van der Waals surface area contributed by atoms with Crippen LogP contribution < -0.4 is 4.90 Å². The molecule has 0 radical (unpaired) electrons. The summed E-state index contributed by atoms with van der Waals surface area (Å²) in [6.07, 6.45) is -1.40. The lowest BCUT2D eigenvalue weighted by Gasteiger charge is -2.41. The van der Waals surface area contributed by atoms with E-state index in [-0.39, 0.29) is 36.5 Å². The number of rotatable bonds is 8. The summed E-state index contributed by atoms with van der Waals surface area (Å²) in [5, 5.41) is 22.5. The summed E-state index contributed by atoms with van der Waals surface area (Å²) in [5.74, 6) is -0.246. The molecule has 1 saturated heterocycles. The van der Waals surface area contributed by atoms with Crippen molar-refractivity contribution in [1.82, 2.24) is 20.2 Å². The Balaban J connectivity index is 1.18. The molecule has 1 fully saturated rings. The quantitative estimate of drug-likeness (QED) is 0.176. The standard InChI is InChI=1S/C34H29N5O5S/c1-21-29(20-45-34-35-36-37-39(34)25-9-3-2-4-10-25)43-33(44-30(21)23-16-14-22(19-40)15-17-23)24-8-7-11-26(18-24)38-31(41)27-12-5-6-13-28(27)32(38)42/h2-18,21,29-30,33,40H,19-20H2,1H3/t21-,29+,30+,33+/m1/s1. The van der Waals surface area contributed by atoms with E-state index in [0.717, 1.165) is 16.8 Å². The number of ether oxygens (including phenoxy) is 2. The number of carbonyl (C=O) groups excluding carboxylic acids is 2. The monoisotopic (exact) mass is 619 g/mol. The smallest absolute Gasteiger partial charge is 0.266 e. The Labute approximate surface area is 263 Å². The molecule has 1 N–H and O–H groups in total. The van der Waals surface area contributed by atoms with Crippen LogP contribution in [0.5, 0.6) is 0 Å². The van der Waals surface area contributed by atoms with E-state index < -0.39 is 6.29 Å². The number of aliphatic hydroxyl groups is 1. The largest absolute Gasteiger partial charge is 0.392 e. The van der Waals surface area contributed by atoms with E-state index in [1.165, 1.54) is 16.7 Å². The zero-order chi connectivity index (χ0) is 30.9.